The molecule has 0 unspecified atom stereocenters. The predicted octanol–water partition coefficient (Wildman–Crippen LogP) is 3.10. The molecule has 0 radical (unpaired) electrons. The normalized spacial score (nSPS) is 17.7. The molecule has 198 valence electrons. The molecule has 0 atom stereocenters. The summed E-state index contributed by atoms with van der Waals surface area (Å²) >= 11 is 0. The van der Waals surface area contributed by atoms with E-state index in [1.807, 2.05) is 37.4 Å². The Morgan fingerprint density at radius 1 is 1.05 bits per heavy atom. The van der Waals surface area contributed by atoms with Crippen molar-refractivity contribution >= 4 is 10.0 Å². The molecule has 1 aromatic heterocycles. The Balaban J connectivity index is 1.28. The van der Waals surface area contributed by atoms with E-state index in [1.54, 1.807) is 28.7 Å². The molecule has 0 saturated carbocycles. The molecule has 2 aliphatic rings. The van der Waals surface area contributed by atoms with E-state index in [0.717, 1.165) is 37.1 Å². The number of likely N-dealkylation sites (N-methyl/N-ethyl adjacent to an activating group) is 1. The number of nitrogens with zero attached hydrogens (tertiary/aromatic N) is 5. The number of nitriles is 1. The van der Waals surface area contributed by atoms with Crippen LogP contribution in [0.4, 0.5) is 0 Å². The maximum absolute atomic E-state index is 13.0. The SMILES string of the molecule is CN1CCN(S(=O)(=O)c2ccc(Cc3nccc(-c4ccc(OC5CCOCC5)c(C#N)c4)n3)cc2)CC1. The number of benzene rings is 2. The largest absolute Gasteiger partial charge is 0.489 e. The van der Waals surface area contributed by atoms with Gasteiger partial charge in [0.1, 0.15) is 23.7 Å². The van der Waals surface area contributed by atoms with Gasteiger partial charge in [-0.05, 0) is 49.0 Å². The first-order valence-corrected chi connectivity index (χ1v) is 14.2. The van der Waals surface area contributed by atoms with E-state index in [4.69, 9.17) is 14.5 Å². The molecule has 5 rings (SSSR count). The van der Waals surface area contributed by atoms with E-state index >= 15 is 0 Å². The molecule has 2 aliphatic heterocycles. The molecule has 10 heteroatoms. The Hall–Kier alpha value is -3.36. The van der Waals surface area contributed by atoms with Crippen molar-refractivity contribution in [3.63, 3.8) is 0 Å². The number of sulfonamides is 1. The molecular weight excluding hydrogens is 502 g/mol. The summed E-state index contributed by atoms with van der Waals surface area (Å²) in [4.78, 5) is 11.5. The molecule has 2 aromatic carbocycles. The lowest BCUT2D eigenvalue weighted by atomic mass is 10.1. The Bertz CT molecular complexity index is 1410. The average Bonchev–Trinajstić information content (AvgIpc) is 2.94. The van der Waals surface area contributed by atoms with Gasteiger partial charge in [-0.3, -0.25) is 0 Å². The van der Waals surface area contributed by atoms with Crippen LogP contribution < -0.4 is 4.74 Å². The molecule has 0 bridgehead atoms. The maximum Gasteiger partial charge on any atom is 0.243 e. The molecule has 0 spiro atoms. The van der Waals surface area contributed by atoms with Gasteiger partial charge in [-0.2, -0.15) is 9.57 Å². The number of aromatic nitrogens is 2. The van der Waals surface area contributed by atoms with Crippen LogP contribution in [-0.4, -0.2) is 80.1 Å². The quantitative estimate of drug-likeness (QED) is 0.456. The molecule has 3 aromatic rings. The van der Waals surface area contributed by atoms with Gasteiger partial charge in [-0.1, -0.05) is 12.1 Å². The van der Waals surface area contributed by atoms with Gasteiger partial charge in [0.2, 0.25) is 10.0 Å². The van der Waals surface area contributed by atoms with Crippen LogP contribution in [-0.2, 0) is 21.2 Å². The predicted molar refractivity (Wildman–Crippen MR) is 142 cm³/mol. The fraction of sp³-hybridized carbons (Fsp3) is 0.393. The number of ether oxygens (including phenoxy) is 2. The highest BCUT2D eigenvalue weighted by Gasteiger charge is 2.27. The molecule has 38 heavy (non-hydrogen) atoms. The van der Waals surface area contributed by atoms with Crippen LogP contribution in [0.15, 0.2) is 59.6 Å². The average molecular weight is 534 g/mol. The van der Waals surface area contributed by atoms with Crippen LogP contribution in [0.25, 0.3) is 11.3 Å². The Labute approximate surface area is 223 Å². The van der Waals surface area contributed by atoms with Crippen LogP contribution in [0.3, 0.4) is 0 Å². The van der Waals surface area contributed by atoms with E-state index in [2.05, 4.69) is 16.0 Å². The van der Waals surface area contributed by atoms with Crippen molar-refractivity contribution in [2.24, 2.45) is 0 Å². The lowest BCUT2D eigenvalue weighted by Gasteiger charge is -2.31. The molecule has 2 saturated heterocycles. The lowest BCUT2D eigenvalue weighted by Crippen LogP contribution is -2.46. The summed E-state index contributed by atoms with van der Waals surface area (Å²) in [6.45, 7) is 3.79. The van der Waals surface area contributed by atoms with E-state index < -0.39 is 10.0 Å². The number of rotatable bonds is 7. The second kappa shape index (κ2) is 11.6. The van der Waals surface area contributed by atoms with Crippen LogP contribution in [0, 0.1) is 11.3 Å². The zero-order valence-electron chi connectivity index (χ0n) is 21.4. The van der Waals surface area contributed by atoms with Gasteiger partial charge in [-0.25, -0.2) is 18.4 Å². The van der Waals surface area contributed by atoms with Crippen molar-refractivity contribution in [1.82, 2.24) is 19.2 Å². The van der Waals surface area contributed by atoms with Gasteiger partial charge in [-0.15, -0.1) is 0 Å². The third kappa shape index (κ3) is 6.03. The molecular formula is C28H31N5O4S. The summed E-state index contributed by atoms with van der Waals surface area (Å²) in [5.41, 5.74) is 2.89. The van der Waals surface area contributed by atoms with Crippen molar-refractivity contribution in [2.45, 2.75) is 30.3 Å². The highest BCUT2D eigenvalue weighted by Crippen LogP contribution is 2.28. The van der Waals surface area contributed by atoms with E-state index in [1.165, 1.54) is 0 Å². The minimum absolute atomic E-state index is 0.0512. The van der Waals surface area contributed by atoms with Gasteiger partial charge in [0, 0.05) is 57.2 Å². The Kier molecular flexibility index (Phi) is 8.00. The zero-order chi connectivity index (χ0) is 26.5. The van der Waals surface area contributed by atoms with Crippen LogP contribution in [0.1, 0.15) is 29.8 Å². The van der Waals surface area contributed by atoms with Gasteiger partial charge < -0.3 is 14.4 Å². The summed E-state index contributed by atoms with van der Waals surface area (Å²) in [5.74, 6) is 1.18. The van der Waals surface area contributed by atoms with Crippen molar-refractivity contribution < 1.29 is 17.9 Å². The van der Waals surface area contributed by atoms with Crippen LogP contribution in [0.2, 0.25) is 0 Å². The molecule has 2 fully saturated rings. The number of piperazine rings is 1. The first kappa shape index (κ1) is 26.3. The third-order valence-electron chi connectivity index (χ3n) is 6.95. The summed E-state index contributed by atoms with van der Waals surface area (Å²) in [6.07, 6.45) is 3.83. The summed E-state index contributed by atoms with van der Waals surface area (Å²) in [6, 6.07) is 16.5. The van der Waals surface area contributed by atoms with Crippen LogP contribution in [0.5, 0.6) is 5.75 Å². The van der Waals surface area contributed by atoms with Crippen LogP contribution >= 0.6 is 0 Å². The fourth-order valence-electron chi connectivity index (χ4n) is 4.64. The maximum atomic E-state index is 13.0. The van der Waals surface area contributed by atoms with Gasteiger partial charge in [0.15, 0.2) is 0 Å². The highest BCUT2D eigenvalue weighted by molar-refractivity contribution is 7.89. The number of hydrogen-bond donors (Lipinski definition) is 0. The second-order valence-corrected chi connectivity index (χ2v) is 11.6. The summed E-state index contributed by atoms with van der Waals surface area (Å²) < 4.78 is 39.0. The standard InChI is InChI=1S/C28H31N5O4S/c1-32-12-14-33(15-13-32)38(34,35)25-5-2-21(3-6-25)18-28-30-11-8-26(31-28)22-4-7-27(23(19-22)20-29)37-24-9-16-36-17-10-24/h2-8,11,19,24H,9-10,12-18H2,1H3. The van der Waals surface area contributed by atoms with E-state index in [-0.39, 0.29) is 6.10 Å². The monoisotopic (exact) mass is 533 g/mol. The topological polar surface area (TPSA) is 109 Å². The Morgan fingerprint density at radius 2 is 1.79 bits per heavy atom. The fourth-order valence-corrected chi connectivity index (χ4v) is 6.06. The molecule has 0 N–H and O–H groups in total. The molecule has 3 heterocycles. The Morgan fingerprint density at radius 3 is 2.50 bits per heavy atom. The zero-order valence-corrected chi connectivity index (χ0v) is 22.2. The van der Waals surface area contributed by atoms with Gasteiger partial charge in [0.05, 0.1) is 29.4 Å². The summed E-state index contributed by atoms with van der Waals surface area (Å²) in [7, 11) is -1.51. The van der Waals surface area contributed by atoms with E-state index in [9.17, 15) is 13.7 Å². The highest BCUT2D eigenvalue weighted by atomic mass is 32.2. The van der Waals surface area contributed by atoms with Crippen molar-refractivity contribution in [1.29, 1.82) is 5.26 Å². The van der Waals surface area contributed by atoms with Gasteiger partial charge >= 0.3 is 0 Å². The molecule has 0 amide bonds. The first-order chi connectivity index (χ1) is 18.4. The first-order valence-electron chi connectivity index (χ1n) is 12.8. The summed E-state index contributed by atoms with van der Waals surface area (Å²) in [5, 5.41) is 9.71. The minimum atomic E-state index is -3.51. The lowest BCUT2D eigenvalue weighted by molar-refractivity contribution is 0.0254. The number of hydrogen-bond acceptors (Lipinski definition) is 8. The molecule has 9 nitrogen and oxygen atoms in total. The van der Waals surface area contributed by atoms with Crippen molar-refractivity contribution in [2.75, 3.05) is 46.4 Å². The van der Waals surface area contributed by atoms with Crippen molar-refractivity contribution in [3.05, 3.63) is 71.7 Å². The minimum Gasteiger partial charge on any atom is -0.489 e. The van der Waals surface area contributed by atoms with Gasteiger partial charge in [0.25, 0.3) is 0 Å². The van der Waals surface area contributed by atoms with E-state index in [0.29, 0.717) is 60.5 Å². The molecule has 0 aliphatic carbocycles. The third-order valence-corrected chi connectivity index (χ3v) is 8.86. The second-order valence-electron chi connectivity index (χ2n) is 9.64. The smallest absolute Gasteiger partial charge is 0.243 e. The van der Waals surface area contributed by atoms with Crippen molar-refractivity contribution in [3.8, 4) is 23.1 Å².